The smallest absolute Gasteiger partial charge is 0.246 e. The van der Waals surface area contributed by atoms with Gasteiger partial charge in [0.1, 0.15) is 12.3 Å². The van der Waals surface area contributed by atoms with Gasteiger partial charge in [0.2, 0.25) is 17.8 Å². The molecule has 0 unspecified atom stereocenters. The summed E-state index contributed by atoms with van der Waals surface area (Å²) in [5, 5.41) is 12.1. The lowest BCUT2D eigenvalue weighted by atomic mass is 10.1. The van der Waals surface area contributed by atoms with E-state index in [-0.39, 0.29) is 25.0 Å². The summed E-state index contributed by atoms with van der Waals surface area (Å²) in [6.07, 6.45) is 1.81. The van der Waals surface area contributed by atoms with E-state index in [4.69, 9.17) is 4.74 Å². The van der Waals surface area contributed by atoms with Gasteiger partial charge in [0.25, 0.3) is 0 Å². The second-order valence-electron chi connectivity index (χ2n) is 7.50. The Hall–Kier alpha value is -3.39. The first-order valence-corrected chi connectivity index (χ1v) is 10.5. The van der Waals surface area contributed by atoms with E-state index in [2.05, 4.69) is 10.3 Å². The van der Waals surface area contributed by atoms with Crippen LogP contribution in [0.4, 0.5) is 11.4 Å². The van der Waals surface area contributed by atoms with Gasteiger partial charge in [-0.2, -0.15) is 0 Å². The zero-order chi connectivity index (χ0) is 21.6. The predicted octanol–water partition coefficient (Wildman–Crippen LogP) is 2.19. The number of carbonyl (C=O) groups excluding carboxylic acids is 2. The molecule has 4 rings (SSSR count). The van der Waals surface area contributed by atoms with Crippen molar-refractivity contribution in [2.75, 3.05) is 31.2 Å². The van der Waals surface area contributed by atoms with E-state index < -0.39 is 0 Å². The zero-order valence-electron chi connectivity index (χ0n) is 17.3. The first-order chi connectivity index (χ1) is 15.2. The number of benzene rings is 2. The van der Waals surface area contributed by atoms with Gasteiger partial charge in [-0.3, -0.25) is 14.9 Å². The van der Waals surface area contributed by atoms with Crippen LogP contribution in [-0.4, -0.2) is 54.1 Å². The molecule has 2 aliphatic heterocycles. The number of ether oxygens (including phenoxy) is 1. The second-order valence-corrected chi connectivity index (χ2v) is 7.50. The molecule has 1 fully saturated rings. The minimum atomic E-state index is -0.0782. The summed E-state index contributed by atoms with van der Waals surface area (Å²) in [4.78, 5) is 32.3. The number of aliphatic imine (C=N–C) groups is 1. The number of rotatable bonds is 9. The highest BCUT2D eigenvalue weighted by Gasteiger charge is 2.30. The average molecular weight is 422 g/mol. The van der Waals surface area contributed by atoms with Gasteiger partial charge < -0.3 is 19.6 Å². The Morgan fingerprint density at radius 3 is 2.77 bits per heavy atom. The van der Waals surface area contributed by atoms with E-state index in [1.807, 2.05) is 53.4 Å². The Kier molecular flexibility index (Phi) is 6.47. The molecule has 2 aromatic carbocycles. The molecule has 0 bridgehead atoms. The zero-order valence-corrected chi connectivity index (χ0v) is 17.3. The molecule has 0 atom stereocenters. The summed E-state index contributed by atoms with van der Waals surface area (Å²) in [5.74, 6) is 1.30. The number of amides is 2. The van der Waals surface area contributed by atoms with Crippen LogP contribution < -0.4 is 15.0 Å². The molecule has 162 valence electrons. The van der Waals surface area contributed by atoms with Crippen molar-refractivity contribution >= 4 is 29.1 Å². The van der Waals surface area contributed by atoms with Crippen LogP contribution in [-0.2, 0) is 16.1 Å². The van der Waals surface area contributed by atoms with E-state index in [9.17, 15) is 14.7 Å². The lowest BCUT2D eigenvalue weighted by molar-refractivity contribution is -0.119. The second kappa shape index (κ2) is 9.61. The van der Waals surface area contributed by atoms with Crippen LogP contribution in [0.2, 0.25) is 0 Å². The number of hydrogen-bond donors (Lipinski definition) is 2. The number of para-hydroxylation sites is 1. The van der Waals surface area contributed by atoms with Gasteiger partial charge >= 0.3 is 0 Å². The van der Waals surface area contributed by atoms with Gasteiger partial charge in [0.05, 0.1) is 25.4 Å². The normalized spacial score (nSPS) is 14.4. The van der Waals surface area contributed by atoms with Crippen LogP contribution in [0.3, 0.4) is 0 Å². The van der Waals surface area contributed by atoms with Crippen LogP contribution in [0, 0.1) is 0 Å². The van der Waals surface area contributed by atoms with E-state index in [0.717, 1.165) is 29.1 Å². The maximum absolute atomic E-state index is 12.6. The predicted molar refractivity (Wildman–Crippen MR) is 117 cm³/mol. The summed E-state index contributed by atoms with van der Waals surface area (Å²) in [7, 11) is 0. The van der Waals surface area contributed by atoms with E-state index in [1.165, 1.54) is 0 Å². The highest BCUT2D eigenvalue weighted by atomic mass is 16.5. The monoisotopic (exact) mass is 422 g/mol. The van der Waals surface area contributed by atoms with Crippen LogP contribution in [0.25, 0.3) is 0 Å². The first-order valence-electron chi connectivity index (χ1n) is 10.5. The highest BCUT2D eigenvalue weighted by Crippen LogP contribution is 2.34. The maximum atomic E-state index is 12.6. The molecule has 2 amide bonds. The number of carbonyl (C=O) groups is 2. The highest BCUT2D eigenvalue weighted by molar-refractivity contribution is 6.06. The standard InChI is InChI=1S/C23H26N4O4/c28-13-12-27(17-7-2-1-3-8-17)22(30)11-4-5-14-31-20-10-6-9-19-18(20)15-26-16-21(29)25-23(26)24-19/h1-3,6-10,28H,4-5,11-16H2,(H,24,25,29). The van der Waals surface area contributed by atoms with Crippen molar-refractivity contribution in [3.63, 3.8) is 0 Å². The van der Waals surface area contributed by atoms with Crippen molar-refractivity contribution in [1.29, 1.82) is 0 Å². The number of anilines is 1. The fourth-order valence-electron chi connectivity index (χ4n) is 3.78. The third-order valence-electron chi connectivity index (χ3n) is 5.30. The molecule has 2 N–H and O–H groups in total. The maximum Gasteiger partial charge on any atom is 0.246 e. The number of fused-ring (bicyclic) bond motifs is 2. The Labute approximate surface area is 181 Å². The molecule has 2 aromatic rings. The number of unbranched alkanes of at least 4 members (excludes halogenated alkanes) is 1. The molecule has 0 radical (unpaired) electrons. The molecule has 31 heavy (non-hydrogen) atoms. The van der Waals surface area contributed by atoms with Gasteiger partial charge in [0, 0.05) is 24.2 Å². The van der Waals surface area contributed by atoms with Crippen molar-refractivity contribution in [1.82, 2.24) is 10.2 Å². The van der Waals surface area contributed by atoms with Gasteiger partial charge in [-0.1, -0.05) is 24.3 Å². The summed E-state index contributed by atoms with van der Waals surface area (Å²) in [5.41, 5.74) is 2.57. The SMILES string of the molecule is O=C1CN2Cc3c(cccc3OCCCCC(=O)N(CCO)c3ccccc3)N=C2N1. The molecule has 2 heterocycles. The fraction of sp³-hybridized carbons (Fsp3) is 0.348. The third-order valence-corrected chi connectivity index (χ3v) is 5.30. The van der Waals surface area contributed by atoms with Gasteiger partial charge in [0.15, 0.2) is 0 Å². The topological polar surface area (TPSA) is 94.5 Å². The minimum absolute atomic E-state index is 0.00888. The van der Waals surface area contributed by atoms with Crippen molar-refractivity contribution in [3.05, 3.63) is 54.1 Å². The number of aliphatic hydroxyl groups is 1. The molecule has 0 saturated carbocycles. The molecular formula is C23H26N4O4. The number of nitrogens with one attached hydrogen (secondary N) is 1. The number of hydrogen-bond acceptors (Lipinski definition) is 6. The average Bonchev–Trinajstić information content (AvgIpc) is 3.15. The van der Waals surface area contributed by atoms with Crippen molar-refractivity contribution < 1.29 is 19.4 Å². The van der Waals surface area contributed by atoms with Crippen LogP contribution in [0.15, 0.2) is 53.5 Å². The van der Waals surface area contributed by atoms with E-state index in [1.54, 1.807) is 4.90 Å². The summed E-state index contributed by atoms with van der Waals surface area (Å²) in [6, 6.07) is 15.1. The fourth-order valence-corrected chi connectivity index (χ4v) is 3.78. The van der Waals surface area contributed by atoms with Crippen molar-refractivity contribution in [2.45, 2.75) is 25.8 Å². The number of nitrogens with zero attached hydrogens (tertiary/aromatic N) is 3. The Morgan fingerprint density at radius 1 is 1.13 bits per heavy atom. The lowest BCUT2D eigenvalue weighted by Gasteiger charge is -2.24. The Balaban J connectivity index is 1.28. The number of guanidine groups is 1. The quantitative estimate of drug-likeness (QED) is 0.604. The Bertz CT molecular complexity index is 977. The van der Waals surface area contributed by atoms with Crippen LogP contribution in [0.1, 0.15) is 24.8 Å². The molecule has 2 aliphatic rings. The lowest BCUT2D eigenvalue weighted by Crippen LogP contribution is -2.33. The first kappa shape index (κ1) is 20.9. The van der Waals surface area contributed by atoms with E-state index in [0.29, 0.717) is 38.5 Å². The molecule has 0 aromatic heterocycles. The van der Waals surface area contributed by atoms with E-state index >= 15 is 0 Å². The minimum Gasteiger partial charge on any atom is -0.493 e. The largest absolute Gasteiger partial charge is 0.493 e. The van der Waals surface area contributed by atoms with Crippen molar-refractivity contribution in [2.24, 2.45) is 4.99 Å². The Morgan fingerprint density at radius 2 is 1.97 bits per heavy atom. The molecule has 8 heteroatoms. The van der Waals surface area contributed by atoms with Crippen molar-refractivity contribution in [3.8, 4) is 5.75 Å². The molecule has 0 spiro atoms. The number of aliphatic hydroxyl groups excluding tert-OH is 1. The molecule has 0 aliphatic carbocycles. The van der Waals surface area contributed by atoms with Gasteiger partial charge in [-0.15, -0.1) is 0 Å². The summed E-state index contributed by atoms with van der Waals surface area (Å²) >= 11 is 0. The third kappa shape index (κ3) is 4.86. The summed E-state index contributed by atoms with van der Waals surface area (Å²) in [6.45, 7) is 1.58. The molecule has 1 saturated heterocycles. The van der Waals surface area contributed by atoms with Crippen LogP contribution in [0.5, 0.6) is 5.75 Å². The van der Waals surface area contributed by atoms with Gasteiger partial charge in [-0.05, 0) is 37.1 Å². The van der Waals surface area contributed by atoms with Crippen LogP contribution >= 0.6 is 0 Å². The van der Waals surface area contributed by atoms with Gasteiger partial charge in [-0.25, -0.2) is 4.99 Å². The molecule has 8 nitrogen and oxygen atoms in total. The molecular weight excluding hydrogens is 396 g/mol. The summed E-state index contributed by atoms with van der Waals surface area (Å²) < 4.78 is 5.99.